The molecule has 0 spiro atoms. The second-order valence-electron chi connectivity index (χ2n) is 4.99. The lowest BCUT2D eigenvalue weighted by Crippen LogP contribution is -2.11. The molecule has 1 N–H and O–H groups in total. The van der Waals surface area contributed by atoms with E-state index in [9.17, 15) is 4.79 Å². The Kier molecular flexibility index (Phi) is 4.71. The summed E-state index contributed by atoms with van der Waals surface area (Å²) in [6, 6.07) is 6.22. The molecule has 3 heterocycles. The fourth-order valence-electron chi connectivity index (χ4n) is 2.21. The van der Waals surface area contributed by atoms with Crippen molar-refractivity contribution in [3.63, 3.8) is 0 Å². The Morgan fingerprint density at radius 3 is 2.86 bits per heavy atom. The largest absolute Gasteiger partial charge is 0.302 e. The highest BCUT2D eigenvalue weighted by Crippen LogP contribution is 2.32. The van der Waals surface area contributed by atoms with E-state index in [0.717, 1.165) is 17.7 Å². The number of carbonyl (C=O) groups is 1. The van der Waals surface area contributed by atoms with Gasteiger partial charge >= 0.3 is 0 Å². The van der Waals surface area contributed by atoms with Crippen LogP contribution in [0.1, 0.15) is 21.1 Å². The second kappa shape index (κ2) is 6.73. The normalized spacial score (nSPS) is 10.8. The predicted octanol–water partition coefficient (Wildman–Crippen LogP) is 5.12. The highest BCUT2D eigenvalue weighted by Gasteiger charge is 2.11. The van der Waals surface area contributed by atoms with Crippen LogP contribution in [0.15, 0.2) is 29.0 Å². The molecule has 0 aromatic carbocycles. The van der Waals surface area contributed by atoms with Crippen LogP contribution in [0.25, 0.3) is 11.3 Å². The van der Waals surface area contributed by atoms with Crippen LogP contribution < -0.4 is 5.32 Å². The number of carbonyl (C=O) groups excluding carboxylic acids is 1. The van der Waals surface area contributed by atoms with E-state index in [4.69, 9.17) is 0 Å². The number of nitrogens with one attached hydrogen (secondary N) is 1. The summed E-state index contributed by atoms with van der Waals surface area (Å²) in [5, 5.41) is 7.61. The van der Waals surface area contributed by atoms with Crippen molar-refractivity contribution >= 4 is 45.0 Å². The quantitative estimate of drug-likeness (QED) is 0.695. The zero-order chi connectivity index (χ0) is 15.5. The van der Waals surface area contributed by atoms with Crippen molar-refractivity contribution in [3.8, 4) is 11.3 Å². The van der Waals surface area contributed by atoms with E-state index in [-0.39, 0.29) is 5.91 Å². The molecule has 0 saturated heterocycles. The second-order valence-corrected chi connectivity index (χ2v) is 8.34. The lowest BCUT2D eigenvalue weighted by atomic mass is 10.2. The molecule has 0 fully saturated rings. The number of thiophene rings is 2. The Hall–Kier alpha value is -1.50. The van der Waals surface area contributed by atoms with Crippen LogP contribution in [0.2, 0.25) is 0 Å². The first kappa shape index (κ1) is 15.4. The van der Waals surface area contributed by atoms with Crippen molar-refractivity contribution in [3.05, 3.63) is 43.6 Å². The number of aromatic nitrogens is 1. The Morgan fingerprint density at radius 1 is 1.32 bits per heavy atom. The Bertz CT molecular complexity index is 771. The van der Waals surface area contributed by atoms with E-state index < -0.39 is 0 Å². The molecule has 3 aromatic rings. The van der Waals surface area contributed by atoms with Gasteiger partial charge in [-0.3, -0.25) is 4.79 Å². The van der Waals surface area contributed by atoms with Gasteiger partial charge in [0.05, 0.1) is 5.69 Å². The van der Waals surface area contributed by atoms with Crippen LogP contribution >= 0.6 is 34.0 Å². The molecule has 0 atom stereocenters. The molecular weight excluding hydrogens is 332 g/mol. The maximum Gasteiger partial charge on any atom is 0.226 e. The lowest BCUT2D eigenvalue weighted by molar-refractivity contribution is -0.116. The van der Waals surface area contributed by atoms with Gasteiger partial charge in [-0.1, -0.05) is 6.07 Å². The topological polar surface area (TPSA) is 42.0 Å². The number of hydrogen-bond donors (Lipinski definition) is 1. The fraction of sp³-hybridized carbons (Fsp3) is 0.250. The van der Waals surface area contributed by atoms with Gasteiger partial charge in [0.15, 0.2) is 5.13 Å². The van der Waals surface area contributed by atoms with Gasteiger partial charge in [-0.25, -0.2) is 4.98 Å². The first-order chi connectivity index (χ1) is 10.6. The van der Waals surface area contributed by atoms with Crippen LogP contribution in [0.3, 0.4) is 0 Å². The Balaban J connectivity index is 1.61. The number of amides is 1. The summed E-state index contributed by atoms with van der Waals surface area (Å²) in [7, 11) is 0. The molecule has 0 radical (unpaired) electrons. The van der Waals surface area contributed by atoms with Gasteiger partial charge in [-0.2, -0.15) is 0 Å². The third-order valence-corrected chi connectivity index (χ3v) is 5.91. The minimum Gasteiger partial charge on any atom is -0.302 e. The first-order valence-electron chi connectivity index (χ1n) is 6.97. The van der Waals surface area contributed by atoms with Crippen LogP contribution in [0.5, 0.6) is 0 Å². The average molecular weight is 349 g/mol. The smallest absolute Gasteiger partial charge is 0.226 e. The van der Waals surface area contributed by atoms with E-state index in [2.05, 4.69) is 36.3 Å². The van der Waals surface area contributed by atoms with Crippen molar-refractivity contribution in [2.45, 2.75) is 26.7 Å². The van der Waals surface area contributed by atoms with E-state index in [1.807, 2.05) is 16.8 Å². The highest BCUT2D eigenvalue weighted by atomic mass is 32.1. The molecule has 0 aliphatic rings. The SMILES string of the molecule is Cc1cc(-c2csc(NC(=O)CCc3cccs3)n2)c(C)s1. The summed E-state index contributed by atoms with van der Waals surface area (Å²) >= 11 is 4.94. The third-order valence-electron chi connectivity index (χ3n) is 3.25. The molecule has 1 amide bonds. The zero-order valence-electron chi connectivity index (χ0n) is 12.4. The molecular formula is C16H16N2OS3. The molecule has 114 valence electrons. The molecule has 0 aliphatic heterocycles. The van der Waals surface area contributed by atoms with Gasteiger partial charge in [0.25, 0.3) is 0 Å². The Morgan fingerprint density at radius 2 is 2.18 bits per heavy atom. The van der Waals surface area contributed by atoms with Gasteiger partial charge in [0.2, 0.25) is 5.91 Å². The van der Waals surface area contributed by atoms with Gasteiger partial charge in [-0.05, 0) is 37.8 Å². The number of anilines is 1. The predicted molar refractivity (Wildman–Crippen MR) is 96.2 cm³/mol. The number of aryl methyl sites for hydroxylation is 3. The molecule has 0 aliphatic carbocycles. The summed E-state index contributed by atoms with van der Waals surface area (Å²) in [5.41, 5.74) is 2.11. The van der Waals surface area contributed by atoms with Crippen LogP contribution in [-0.2, 0) is 11.2 Å². The standard InChI is InChI=1S/C16H16N2OS3/c1-10-8-13(11(2)22-10)14-9-21-16(17-14)18-15(19)6-5-12-4-3-7-20-12/h3-4,7-9H,5-6H2,1-2H3,(H,17,18,19). The maximum atomic E-state index is 12.0. The molecule has 6 heteroatoms. The summed E-state index contributed by atoms with van der Waals surface area (Å²) in [5.74, 6) is 0.0209. The Labute approximate surface area is 141 Å². The van der Waals surface area contributed by atoms with E-state index in [1.54, 1.807) is 22.7 Å². The minimum atomic E-state index is 0.0209. The van der Waals surface area contributed by atoms with Gasteiger partial charge in [0, 0.05) is 32.0 Å². The van der Waals surface area contributed by atoms with Crippen molar-refractivity contribution in [1.29, 1.82) is 0 Å². The van der Waals surface area contributed by atoms with Gasteiger partial charge in [-0.15, -0.1) is 34.0 Å². The summed E-state index contributed by atoms with van der Waals surface area (Å²) in [6.45, 7) is 4.20. The van der Waals surface area contributed by atoms with E-state index in [1.165, 1.54) is 26.0 Å². The van der Waals surface area contributed by atoms with Crippen LogP contribution in [0, 0.1) is 13.8 Å². The molecule has 3 aromatic heterocycles. The van der Waals surface area contributed by atoms with Crippen molar-refractivity contribution < 1.29 is 4.79 Å². The molecule has 3 rings (SSSR count). The van der Waals surface area contributed by atoms with Crippen molar-refractivity contribution in [1.82, 2.24) is 4.98 Å². The summed E-state index contributed by atoms with van der Waals surface area (Å²) in [6.07, 6.45) is 1.27. The van der Waals surface area contributed by atoms with Crippen LogP contribution in [-0.4, -0.2) is 10.9 Å². The van der Waals surface area contributed by atoms with Crippen molar-refractivity contribution in [2.75, 3.05) is 5.32 Å². The summed E-state index contributed by atoms with van der Waals surface area (Å²) in [4.78, 5) is 20.3. The van der Waals surface area contributed by atoms with E-state index in [0.29, 0.717) is 11.6 Å². The molecule has 0 unspecified atom stereocenters. The number of hydrogen-bond acceptors (Lipinski definition) is 5. The molecule has 0 saturated carbocycles. The number of nitrogens with zero attached hydrogens (tertiary/aromatic N) is 1. The molecule has 3 nitrogen and oxygen atoms in total. The maximum absolute atomic E-state index is 12.0. The van der Waals surface area contributed by atoms with E-state index >= 15 is 0 Å². The summed E-state index contributed by atoms with van der Waals surface area (Å²) < 4.78 is 0. The minimum absolute atomic E-state index is 0.0209. The fourth-order valence-corrected chi connectivity index (χ4v) is 4.58. The highest BCUT2D eigenvalue weighted by molar-refractivity contribution is 7.14. The first-order valence-corrected chi connectivity index (χ1v) is 9.54. The third kappa shape index (κ3) is 3.63. The lowest BCUT2D eigenvalue weighted by Gasteiger charge is -2.00. The van der Waals surface area contributed by atoms with Crippen LogP contribution in [0.4, 0.5) is 5.13 Å². The zero-order valence-corrected chi connectivity index (χ0v) is 14.8. The molecule has 0 bridgehead atoms. The molecule has 22 heavy (non-hydrogen) atoms. The number of rotatable bonds is 5. The van der Waals surface area contributed by atoms with Crippen molar-refractivity contribution in [2.24, 2.45) is 0 Å². The average Bonchev–Trinajstić information content (AvgIpc) is 3.18. The monoisotopic (exact) mass is 348 g/mol. The number of thiazole rings is 1. The van der Waals surface area contributed by atoms with Gasteiger partial charge < -0.3 is 5.32 Å². The van der Waals surface area contributed by atoms with Gasteiger partial charge in [0.1, 0.15) is 0 Å².